The predicted molar refractivity (Wildman–Crippen MR) is 140 cm³/mol. The van der Waals surface area contributed by atoms with Crippen molar-refractivity contribution >= 4 is 17.7 Å². The summed E-state index contributed by atoms with van der Waals surface area (Å²) in [6.07, 6.45) is 0.330. The number of ether oxygens (including phenoxy) is 2. The first kappa shape index (κ1) is 26.7. The fourth-order valence-corrected chi connectivity index (χ4v) is 4.98. The molecule has 3 amide bonds. The van der Waals surface area contributed by atoms with Crippen LogP contribution in [0.3, 0.4) is 0 Å². The Kier molecular flexibility index (Phi) is 8.82. The monoisotopic (exact) mass is 507 g/mol. The molecular formula is C29H37N3O5. The molecule has 2 aliphatic rings. The van der Waals surface area contributed by atoms with Crippen molar-refractivity contribution in [1.82, 2.24) is 14.7 Å². The molecule has 1 aliphatic heterocycles. The van der Waals surface area contributed by atoms with Gasteiger partial charge in [0, 0.05) is 38.6 Å². The molecule has 0 N–H and O–H groups in total. The van der Waals surface area contributed by atoms with Crippen molar-refractivity contribution in [2.24, 2.45) is 5.92 Å². The summed E-state index contributed by atoms with van der Waals surface area (Å²) in [7, 11) is 1.61. The number of rotatable bonds is 10. The molecule has 1 saturated carbocycles. The third-order valence-electron chi connectivity index (χ3n) is 7.27. The molecule has 0 spiro atoms. The van der Waals surface area contributed by atoms with Gasteiger partial charge in [-0.1, -0.05) is 42.5 Å². The average Bonchev–Trinajstić information content (AvgIpc) is 3.74. The highest BCUT2D eigenvalue weighted by Crippen LogP contribution is 2.48. The number of hydrogen-bond donors (Lipinski definition) is 0. The molecule has 2 aromatic carbocycles. The molecule has 2 fully saturated rings. The van der Waals surface area contributed by atoms with Crippen molar-refractivity contribution in [3.63, 3.8) is 0 Å². The van der Waals surface area contributed by atoms with Gasteiger partial charge in [0.05, 0.1) is 19.8 Å². The maximum atomic E-state index is 13.5. The summed E-state index contributed by atoms with van der Waals surface area (Å²) in [6, 6.07) is 17.6. The smallest absolute Gasteiger partial charge is 0.248 e. The zero-order valence-electron chi connectivity index (χ0n) is 22.0. The second-order valence-corrected chi connectivity index (χ2v) is 9.70. The van der Waals surface area contributed by atoms with Gasteiger partial charge in [0.25, 0.3) is 0 Å². The third-order valence-corrected chi connectivity index (χ3v) is 7.27. The van der Waals surface area contributed by atoms with Gasteiger partial charge in [0.1, 0.15) is 12.4 Å². The lowest BCUT2D eigenvalue weighted by atomic mass is 10.1. The molecule has 0 radical (unpaired) electrons. The van der Waals surface area contributed by atoms with Crippen LogP contribution >= 0.6 is 0 Å². The molecule has 0 aromatic heterocycles. The van der Waals surface area contributed by atoms with E-state index in [1.807, 2.05) is 68.4 Å². The van der Waals surface area contributed by atoms with E-state index >= 15 is 0 Å². The summed E-state index contributed by atoms with van der Waals surface area (Å²) in [5.74, 6) is 0.578. The Balaban J connectivity index is 1.47. The number of methoxy groups -OCH3 is 1. The average molecular weight is 508 g/mol. The van der Waals surface area contributed by atoms with Gasteiger partial charge < -0.3 is 24.2 Å². The number of nitrogens with zero attached hydrogens (tertiary/aromatic N) is 3. The number of amides is 3. The minimum absolute atomic E-state index is 0.0108. The first-order valence-corrected chi connectivity index (χ1v) is 13.1. The van der Waals surface area contributed by atoms with Crippen molar-refractivity contribution in [3.05, 3.63) is 65.7 Å². The first-order chi connectivity index (χ1) is 17.9. The third kappa shape index (κ3) is 6.68. The second kappa shape index (κ2) is 12.2. The number of hydrogen-bond acceptors (Lipinski definition) is 5. The summed E-state index contributed by atoms with van der Waals surface area (Å²) in [4.78, 5) is 44.5. The van der Waals surface area contributed by atoms with Gasteiger partial charge >= 0.3 is 0 Å². The van der Waals surface area contributed by atoms with Gasteiger partial charge in [-0.05, 0) is 49.4 Å². The molecule has 8 heteroatoms. The van der Waals surface area contributed by atoms with Crippen LogP contribution in [0.15, 0.2) is 54.6 Å². The standard InChI is InChI=1S/C29H37N3O5/c1-4-30(5-2)28(34)20-37-24-17-31(16-21-11-13-23(36-3)14-12-21)27(33)19-32(18-24)29(35)26-15-25(26)22-9-7-6-8-10-22/h6-14,24-26H,4-5,15-20H2,1-3H3/t24-,25+,26-/m1/s1. The molecule has 3 atom stereocenters. The SMILES string of the molecule is CCN(CC)C(=O)CO[C@@H]1CN(Cc2ccc(OC)cc2)C(=O)CN(C(=O)[C@@H]2C[C@H]2c2ccccc2)C1. The largest absolute Gasteiger partial charge is 0.497 e. The highest BCUT2D eigenvalue weighted by atomic mass is 16.5. The van der Waals surface area contributed by atoms with E-state index in [-0.39, 0.29) is 49.3 Å². The van der Waals surface area contributed by atoms with Gasteiger partial charge in [-0.2, -0.15) is 0 Å². The lowest BCUT2D eigenvalue weighted by Gasteiger charge is -2.26. The van der Waals surface area contributed by atoms with Crippen LogP contribution in [-0.4, -0.2) is 85.0 Å². The maximum absolute atomic E-state index is 13.5. The Bertz CT molecular complexity index is 1070. The summed E-state index contributed by atoms with van der Waals surface area (Å²) >= 11 is 0. The van der Waals surface area contributed by atoms with Crippen molar-refractivity contribution in [2.75, 3.05) is 46.4 Å². The Morgan fingerprint density at radius 2 is 1.70 bits per heavy atom. The lowest BCUT2D eigenvalue weighted by molar-refractivity contribution is -0.140. The topological polar surface area (TPSA) is 79.4 Å². The van der Waals surface area contributed by atoms with Crippen LogP contribution in [0.2, 0.25) is 0 Å². The predicted octanol–water partition coefficient (Wildman–Crippen LogP) is 2.92. The Labute approximate surface area is 219 Å². The van der Waals surface area contributed by atoms with E-state index in [4.69, 9.17) is 9.47 Å². The highest BCUT2D eigenvalue weighted by Gasteiger charge is 2.47. The van der Waals surface area contributed by atoms with E-state index in [1.54, 1.807) is 21.8 Å². The van der Waals surface area contributed by atoms with Crippen molar-refractivity contribution in [3.8, 4) is 5.75 Å². The van der Waals surface area contributed by atoms with E-state index in [0.717, 1.165) is 23.3 Å². The molecule has 1 saturated heterocycles. The zero-order chi connectivity index (χ0) is 26.4. The Morgan fingerprint density at radius 1 is 1.00 bits per heavy atom. The molecule has 0 unspecified atom stereocenters. The Hall–Kier alpha value is -3.39. The summed E-state index contributed by atoms with van der Waals surface area (Å²) in [5, 5.41) is 0. The van der Waals surface area contributed by atoms with Crippen LogP contribution in [-0.2, 0) is 25.7 Å². The second-order valence-electron chi connectivity index (χ2n) is 9.70. The fraction of sp³-hybridized carbons (Fsp3) is 0.483. The quantitative estimate of drug-likeness (QED) is 0.494. The zero-order valence-corrected chi connectivity index (χ0v) is 22.0. The van der Waals surface area contributed by atoms with Gasteiger partial charge in [-0.25, -0.2) is 0 Å². The molecule has 1 aliphatic carbocycles. The van der Waals surface area contributed by atoms with E-state index in [2.05, 4.69) is 0 Å². The minimum Gasteiger partial charge on any atom is -0.497 e. The number of likely N-dealkylation sites (N-methyl/N-ethyl adjacent to an activating group) is 1. The van der Waals surface area contributed by atoms with Crippen LogP contribution < -0.4 is 4.74 Å². The minimum atomic E-state index is -0.456. The van der Waals surface area contributed by atoms with Crippen LogP contribution in [0, 0.1) is 5.92 Å². The van der Waals surface area contributed by atoms with Gasteiger partial charge in [0.15, 0.2) is 0 Å². The van der Waals surface area contributed by atoms with Gasteiger partial charge in [-0.3, -0.25) is 14.4 Å². The van der Waals surface area contributed by atoms with E-state index in [9.17, 15) is 14.4 Å². The van der Waals surface area contributed by atoms with E-state index in [1.165, 1.54) is 0 Å². The summed E-state index contributed by atoms with van der Waals surface area (Å²) in [5.41, 5.74) is 2.11. The number of carbonyl (C=O) groups excluding carboxylic acids is 3. The summed E-state index contributed by atoms with van der Waals surface area (Å²) in [6.45, 7) is 6.01. The van der Waals surface area contributed by atoms with E-state index < -0.39 is 6.10 Å². The van der Waals surface area contributed by atoms with Crippen LogP contribution in [0.1, 0.15) is 37.3 Å². The molecule has 1 heterocycles. The van der Waals surface area contributed by atoms with Gasteiger partial charge in [-0.15, -0.1) is 0 Å². The number of benzene rings is 2. The first-order valence-electron chi connectivity index (χ1n) is 13.1. The molecule has 8 nitrogen and oxygen atoms in total. The van der Waals surface area contributed by atoms with Crippen LogP contribution in [0.5, 0.6) is 5.75 Å². The van der Waals surface area contributed by atoms with Crippen molar-refractivity contribution < 1.29 is 23.9 Å². The maximum Gasteiger partial charge on any atom is 0.248 e. The summed E-state index contributed by atoms with van der Waals surface area (Å²) < 4.78 is 11.3. The molecule has 0 bridgehead atoms. The molecule has 198 valence electrons. The fourth-order valence-electron chi connectivity index (χ4n) is 4.98. The van der Waals surface area contributed by atoms with Crippen molar-refractivity contribution in [2.45, 2.75) is 38.8 Å². The number of carbonyl (C=O) groups is 3. The van der Waals surface area contributed by atoms with E-state index in [0.29, 0.717) is 26.2 Å². The molecule has 37 heavy (non-hydrogen) atoms. The molecular weight excluding hydrogens is 470 g/mol. The molecule has 4 rings (SSSR count). The van der Waals surface area contributed by atoms with Crippen LogP contribution in [0.4, 0.5) is 0 Å². The highest BCUT2D eigenvalue weighted by molar-refractivity contribution is 5.88. The van der Waals surface area contributed by atoms with Crippen LogP contribution in [0.25, 0.3) is 0 Å². The Morgan fingerprint density at radius 3 is 2.35 bits per heavy atom. The lowest BCUT2D eigenvalue weighted by Crippen LogP contribution is -2.42. The van der Waals surface area contributed by atoms with Gasteiger partial charge in [0.2, 0.25) is 17.7 Å². The normalized spacial score (nSPS) is 21.4. The molecule has 2 aromatic rings. The van der Waals surface area contributed by atoms with Crippen molar-refractivity contribution in [1.29, 1.82) is 0 Å².